The number of nitrogens with one attached hydrogen (secondary N) is 3. The van der Waals surface area contributed by atoms with Gasteiger partial charge in [0.1, 0.15) is 11.5 Å². The Balaban J connectivity index is 1.93. The number of carbonyl (C=O) groups is 3. The highest BCUT2D eigenvalue weighted by atomic mass is 16.5. The van der Waals surface area contributed by atoms with Gasteiger partial charge in [0.15, 0.2) is 6.10 Å². The van der Waals surface area contributed by atoms with Crippen LogP contribution < -0.4 is 25.6 Å². The molecule has 0 aromatic heterocycles. The molecule has 0 radical (unpaired) electrons. The van der Waals surface area contributed by atoms with Crippen LogP contribution in [0.3, 0.4) is 0 Å². The van der Waals surface area contributed by atoms with E-state index in [-0.39, 0.29) is 12.3 Å². The number of carbonyl (C=O) groups excluding carboxylic acids is 3. The third-order valence-electron chi connectivity index (χ3n) is 4.84. The summed E-state index contributed by atoms with van der Waals surface area (Å²) >= 11 is 0. The summed E-state index contributed by atoms with van der Waals surface area (Å²) < 4.78 is 10.8. The van der Waals surface area contributed by atoms with Crippen molar-refractivity contribution in [2.45, 2.75) is 46.3 Å². The van der Waals surface area contributed by atoms with Crippen LogP contribution in [0.15, 0.2) is 42.5 Å². The quantitative estimate of drug-likeness (QED) is 0.562. The van der Waals surface area contributed by atoms with Gasteiger partial charge >= 0.3 is 0 Å². The van der Waals surface area contributed by atoms with Gasteiger partial charge in [-0.1, -0.05) is 24.3 Å². The van der Waals surface area contributed by atoms with Crippen LogP contribution in [0, 0.1) is 13.8 Å². The standard InChI is InChI=1S/C23H29N3O5/c1-14-7-6-8-21(15(14)2)31-16(3)23(29)26-25-22(28)13-20(24-17(4)27)18-9-11-19(30-5)12-10-18/h6-12,16,20H,13H2,1-5H3,(H,24,27)(H,25,28)(H,26,29). The fourth-order valence-corrected chi connectivity index (χ4v) is 2.90. The van der Waals surface area contributed by atoms with Gasteiger partial charge in [0.05, 0.1) is 19.6 Å². The Bertz CT molecular complexity index is 927. The number of benzene rings is 2. The first kappa shape index (κ1) is 23.7. The number of hydrogen-bond acceptors (Lipinski definition) is 5. The van der Waals surface area contributed by atoms with Crippen molar-refractivity contribution in [2.24, 2.45) is 0 Å². The van der Waals surface area contributed by atoms with Gasteiger partial charge < -0.3 is 14.8 Å². The van der Waals surface area contributed by atoms with Crippen LogP contribution in [0.5, 0.6) is 11.5 Å². The minimum Gasteiger partial charge on any atom is -0.497 e. The molecule has 0 aliphatic rings. The van der Waals surface area contributed by atoms with E-state index < -0.39 is 24.0 Å². The number of rotatable bonds is 8. The Hall–Kier alpha value is -3.55. The summed E-state index contributed by atoms with van der Waals surface area (Å²) in [5.74, 6) is 0.0592. The van der Waals surface area contributed by atoms with E-state index in [1.807, 2.05) is 26.0 Å². The SMILES string of the molecule is COc1ccc(C(CC(=O)NNC(=O)C(C)Oc2cccc(C)c2C)NC(C)=O)cc1. The minimum absolute atomic E-state index is 0.0571. The molecule has 0 saturated heterocycles. The average Bonchev–Trinajstić information content (AvgIpc) is 2.74. The van der Waals surface area contributed by atoms with Gasteiger partial charge in [0, 0.05) is 6.92 Å². The predicted octanol–water partition coefficient (Wildman–Crippen LogP) is 2.49. The second kappa shape index (κ2) is 11.0. The Morgan fingerprint density at radius 3 is 2.29 bits per heavy atom. The van der Waals surface area contributed by atoms with Crippen LogP contribution in [-0.4, -0.2) is 30.9 Å². The maximum atomic E-state index is 12.4. The molecule has 2 aromatic carbocycles. The molecule has 0 bridgehead atoms. The molecular formula is C23H29N3O5. The van der Waals surface area contributed by atoms with Crippen molar-refractivity contribution in [1.29, 1.82) is 0 Å². The summed E-state index contributed by atoms with van der Waals surface area (Å²) in [5.41, 5.74) is 7.49. The van der Waals surface area contributed by atoms with Gasteiger partial charge in [-0.05, 0) is 55.7 Å². The van der Waals surface area contributed by atoms with E-state index in [0.29, 0.717) is 11.5 Å². The lowest BCUT2D eigenvalue weighted by molar-refractivity contribution is -0.133. The molecule has 2 unspecified atom stereocenters. The fraction of sp³-hybridized carbons (Fsp3) is 0.348. The van der Waals surface area contributed by atoms with Crippen molar-refractivity contribution in [3.05, 3.63) is 59.2 Å². The van der Waals surface area contributed by atoms with Crippen LogP contribution in [0.2, 0.25) is 0 Å². The number of hydrazine groups is 1. The zero-order valence-electron chi connectivity index (χ0n) is 18.4. The number of hydrogen-bond donors (Lipinski definition) is 3. The summed E-state index contributed by atoms with van der Waals surface area (Å²) in [6.07, 6.45) is -0.869. The Morgan fingerprint density at radius 2 is 1.68 bits per heavy atom. The third kappa shape index (κ3) is 7.02. The minimum atomic E-state index is -0.812. The van der Waals surface area contributed by atoms with Crippen LogP contribution in [0.25, 0.3) is 0 Å². The fourth-order valence-electron chi connectivity index (χ4n) is 2.90. The molecule has 0 spiro atoms. The molecule has 166 valence electrons. The van der Waals surface area contributed by atoms with Gasteiger partial charge in [-0.2, -0.15) is 0 Å². The normalized spacial score (nSPS) is 12.3. The first-order valence-corrected chi connectivity index (χ1v) is 9.94. The summed E-state index contributed by atoms with van der Waals surface area (Å²) in [5, 5.41) is 2.74. The smallest absolute Gasteiger partial charge is 0.279 e. The topological polar surface area (TPSA) is 106 Å². The molecular weight excluding hydrogens is 398 g/mol. The maximum Gasteiger partial charge on any atom is 0.279 e. The maximum absolute atomic E-state index is 12.4. The first-order valence-electron chi connectivity index (χ1n) is 9.94. The number of ether oxygens (including phenoxy) is 2. The van der Waals surface area contributed by atoms with Crippen LogP contribution in [-0.2, 0) is 14.4 Å². The van der Waals surface area contributed by atoms with E-state index >= 15 is 0 Å². The highest BCUT2D eigenvalue weighted by Gasteiger charge is 2.20. The monoisotopic (exact) mass is 427 g/mol. The zero-order chi connectivity index (χ0) is 23.0. The van der Waals surface area contributed by atoms with E-state index in [0.717, 1.165) is 16.7 Å². The van der Waals surface area contributed by atoms with Gasteiger partial charge in [-0.25, -0.2) is 0 Å². The number of aryl methyl sites for hydroxylation is 1. The molecule has 8 nitrogen and oxygen atoms in total. The lowest BCUT2D eigenvalue weighted by Crippen LogP contribution is -2.48. The number of methoxy groups -OCH3 is 1. The summed E-state index contributed by atoms with van der Waals surface area (Å²) in [4.78, 5) is 36.2. The van der Waals surface area contributed by atoms with Gasteiger partial charge in [0.25, 0.3) is 5.91 Å². The second-order valence-corrected chi connectivity index (χ2v) is 7.23. The summed E-state index contributed by atoms with van der Waals surface area (Å²) in [6.45, 7) is 6.85. The zero-order valence-corrected chi connectivity index (χ0v) is 18.4. The largest absolute Gasteiger partial charge is 0.497 e. The van der Waals surface area contributed by atoms with Crippen molar-refractivity contribution < 1.29 is 23.9 Å². The van der Waals surface area contributed by atoms with Gasteiger partial charge in [0.2, 0.25) is 11.8 Å². The summed E-state index contributed by atoms with van der Waals surface area (Å²) in [7, 11) is 1.56. The molecule has 2 aromatic rings. The Labute approximate surface area is 182 Å². The van der Waals surface area contributed by atoms with Gasteiger partial charge in [-0.15, -0.1) is 0 Å². The first-order chi connectivity index (χ1) is 14.7. The third-order valence-corrected chi connectivity index (χ3v) is 4.84. The average molecular weight is 428 g/mol. The molecule has 31 heavy (non-hydrogen) atoms. The molecule has 8 heteroatoms. The lowest BCUT2D eigenvalue weighted by Gasteiger charge is -2.20. The molecule has 0 saturated carbocycles. The van der Waals surface area contributed by atoms with Crippen LogP contribution in [0.4, 0.5) is 0 Å². The molecule has 0 aliphatic carbocycles. The molecule has 0 aliphatic heterocycles. The van der Waals surface area contributed by atoms with E-state index in [1.54, 1.807) is 44.4 Å². The van der Waals surface area contributed by atoms with E-state index in [4.69, 9.17) is 9.47 Å². The highest BCUT2D eigenvalue weighted by molar-refractivity contribution is 5.85. The number of amides is 3. The molecule has 2 atom stereocenters. The molecule has 0 heterocycles. The predicted molar refractivity (Wildman–Crippen MR) is 116 cm³/mol. The van der Waals surface area contributed by atoms with Crippen molar-refractivity contribution >= 4 is 17.7 Å². The molecule has 3 N–H and O–H groups in total. The van der Waals surface area contributed by atoms with Crippen molar-refractivity contribution in [3.63, 3.8) is 0 Å². The lowest BCUT2D eigenvalue weighted by atomic mass is 10.0. The summed E-state index contributed by atoms with van der Waals surface area (Å²) in [6, 6.07) is 12.1. The molecule has 0 fully saturated rings. The van der Waals surface area contributed by atoms with Crippen LogP contribution in [0.1, 0.15) is 43.0 Å². The van der Waals surface area contributed by atoms with Crippen molar-refractivity contribution in [1.82, 2.24) is 16.2 Å². The molecule has 2 rings (SSSR count). The van der Waals surface area contributed by atoms with E-state index in [2.05, 4.69) is 16.2 Å². The van der Waals surface area contributed by atoms with E-state index in [1.165, 1.54) is 6.92 Å². The second-order valence-electron chi connectivity index (χ2n) is 7.23. The van der Waals surface area contributed by atoms with Crippen molar-refractivity contribution in [3.8, 4) is 11.5 Å². The van der Waals surface area contributed by atoms with Crippen LogP contribution >= 0.6 is 0 Å². The van der Waals surface area contributed by atoms with Gasteiger partial charge in [-0.3, -0.25) is 25.2 Å². The Kier molecular flexibility index (Phi) is 8.43. The highest BCUT2D eigenvalue weighted by Crippen LogP contribution is 2.22. The molecule has 3 amide bonds. The van der Waals surface area contributed by atoms with E-state index in [9.17, 15) is 14.4 Å². The van der Waals surface area contributed by atoms with Crippen molar-refractivity contribution in [2.75, 3.05) is 7.11 Å². The Morgan fingerprint density at radius 1 is 1.00 bits per heavy atom.